The van der Waals surface area contributed by atoms with Crippen molar-refractivity contribution in [1.29, 1.82) is 0 Å². The summed E-state index contributed by atoms with van der Waals surface area (Å²) in [5.74, 6) is -1.10. The molecule has 0 aromatic rings. The van der Waals surface area contributed by atoms with Crippen molar-refractivity contribution in [2.24, 2.45) is 0 Å². The van der Waals surface area contributed by atoms with Crippen LogP contribution in [0.5, 0.6) is 0 Å². The van der Waals surface area contributed by atoms with E-state index in [0.29, 0.717) is 19.6 Å². The molecule has 0 spiro atoms. The largest absolute Gasteiger partial charge is 1.00 e. The molecular formula is C15H30NNaO4. The number of aliphatic hydroxyl groups is 2. The summed E-state index contributed by atoms with van der Waals surface area (Å²) in [5.41, 5.74) is 0. The van der Waals surface area contributed by atoms with E-state index >= 15 is 0 Å². The Morgan fingerprint density at radius 1 is 1.14 bits per heavy atom. The van der Waals surface area contributed by atoms with Crippen molar-refractivity contribution in [2.75, 3.05) is 26.2 Å². The Hall–Kier alpha value is 0.350. The molecule has 120 valence electrons. The van der Waals surface area contributed by atoms with Crippen molar-refractivity contribution in [3.63, 3.8) is 0 Å². The van der Waals surface area contributed by atoms with Crippen LogP contribution < -0.4 is 34.7 Å². The van der Waals surface area contributed by atoms with E-state index in [1.807, 2.05) is 0 Å². The van der Waals surface area contributed by atoms with Gasteiger partial charge in [0.05, 0.1) is 12.7 Å². The van der Waals surface area contributed by atoms with Crippen LogP contribution in [0.25, 0.3) is 0 Å². The molecule has 0 aromatic carbocycles. The van der Waals surface area contributed by atoms with Crippen LogP contribution in [0, 0.1) is 0 Å². The normalized spacial score (nSPS) is 12.2. The number of rotatable bonds is 14. The predicted molar refractivity (Wildman–Crippen MR) is 77.1 cm³/mol. The summed E-state index contributed by atoms with van der Waals surface area (Å²) in [4.78, 5) is 12.2. The van der Waals surface area contributed by atoms with Crippen LogP contribution in [0.3, 0.4) is 0 Å². The summed E-state index contributed by atoms with van der Waals surface area (Å²) in [6.07, 6.45) is 7.33. The second kappa shape index (κ2) is 16.7. The summed E-state index contributed by atoms with van der Waals surface area (Å²) in [7, 11) is 0. The molecule has 6 heteroatoms. The monoisotopic (exact) mass is 311 g/mol. The topological polar surface area (TPSA) is 83.8 Å². The van der Waals surface area contributed by atoms with Gasteiger partial charge in [-0.1, -0.05) is 45.4 Å². The Bertz CT molecular complexity index is 242. The van der Waals surface area contributed by atoms with Gasteiger partial charge < -0.3 is 20.1 Å². The van der Waals surface area contributed by atoms with Crippen molar-refractivity contribution >= 4 is 5.97 Å². The van der Waals surface area contributed by atoms with E-state index < -0.39 is 12.1 Å². The van der Waals surface area contributed by atoms with Crippen LogP contribution in [0.15, 0.2) is 0 Å². The number of hydrogen-bond donors (Lipinski definition) is 2. The molecule has 0 fully saturated rings. The van der Waals surface area contributed by atoms with Gasteiger partial charge in [-0.2, -0.15) is 0 Å². The van der Waals surface area contributed by atoms with Crippen molar-refractivity contribution in [1.82, 2.24) is 4.90 Å². The van der Waals surface area contributed by atoms with Gasteiger partial charge in [0.15, 0.2) is 0 Å². The van der Waals surface area contributed by atoms with Crippen LogP contribution in [0.1, 0.15) is 58.3 Å². The number of carboxylic acid groups (broad SMARTS) is 1. The van der Waals surface area contributed by atoms with E-state index in [1.54, 1.807) is 4.90 Å². The fourth-order valence-corrected chi connectivity index (χ4v) is 2.23. The second-order valence-corrected chi connectivity index (χ2v) is 5.36. The maximum atomic E-state index is 10.4. The number of aliphatic hydroxyl groups excluding tert-OH is 2. The molecular weight excluding hydrogens is 281 g/mol. The first-order valence-corrected chi connectivity index (χ1v) is 7.81. The fourth-order valence-electron chi connectivity index (χ4n) is 2.23. The van der Waals surface area contributed by atoms with Gasteiger partial charge in [0.25, 0.3) is 0 Å². The zero-order valence-corrected chi connectivity index (χ0v) is 15.7. The molecule has 5 nitrogen and oxygen atoms in total. The Morgan fingerprint density at radius 3 is 2.33 bits per heavy atom. The smallest absolute Gasteiger partial charge is 0.550 e. The SMILES string of the molecule is CCCCCCCCC(O)CN(CCO)CCC(=O)[O-].[Na+]. The van der Waals surface area contributed by atoms with Gasteiger partial charge in [0.1, 0.15) is 0 Å². The number of unbranched alkanes of at least 4 members (excludes halogenated alkanes) is 5. The summed E-state index contributed by atoms with van der Waals surface area (Å²) in [6.45, 7) is 3.28. The van der Waals surface area contributed by atoms with Gasteiger partial charge in [-0.05, 0) is 12.8 Å². The van der Waals surface area contributed by atoms with E-state index in [4.69, 9.17) is 5.11 Å². The molecule has 21 heavy (non-hydrogen) atoms. The zero-order valence-electron chi connectivity index (χ0n) is 13.7. The van der Waals surface area contributed by atoms with E-state index in [-0.39, 0.29) is 42.6 Å². The summed E-state index contributed by atoms with van der Waals surface area (Å²) < 4.78 is 0. The van der Waals surface area contributed by atoms with Crippen LogP contribution >= 0.6 is 0 Å². The maximum absolute atomic E-state index is 10.4. The molecule has 0 aliphatic heterocycles. The average Bonchev–Trinajstić information content (AvgIpc) is 2.40. The molecule has 0 saturated heterocycles. The maximum Gasteiger partial charge on any atom is 1.00 e. The minimum absolute atomic E-state index is 0. The summed E-state index contributed by atoms with van der Waals surface area (Å²) >= 11 is 0. The van der Waals surface area contributed by atoms with Crippen molar-refractivity contribution in [2.45, 2.75) is 64.4 Å². The van der Waals surface area contributed by atoms with Gasteiger partial charge in [0.2, 0.25) is 0 Å². The van der Waals surface area contributed by atoms with Gasteiger partial charge in [0, 0.05) is 25.6 Å². The number of carboxylic acids is 1. The van der Waals surface area contributed by atoms with Crippen LogP contribution in [-0.4, -0.2) is 53.4 Å². The molecule has 2 N–H and O–H groups in total. The predicted octanol–water partition coefficient (Wildman–Crippen LogP) is -2.46. The van der Waals surface area contributed by atoms with E-state index in [0.717, 1.165) is 19.3 Å². The first-order valence-electron chi connectivity index (χ1n) is 7.81. The third-order valence-electron chi connectivity index (χ3n) is 3.41. The average molecular weight is 311 g/mol. The molecule has 0 bridgehead atoms. The number of aliphatic carboxylic acids is 1. The molecule has 1 unspecified atom stereocenters. The third-order valence-corrected chi connectivity index (χ3v) is 3.41. The van der Waals surface area contributed by atoms with E-state index in [2.05, 4.69) is 6.92 Å². The molecule has 0 saturated carbocycles. The Balaban J connectivity index is 0. The van der Waals surface area contributed by atoms with E-state index in [9.17, 15) is 15.0 Å². The minimum Gasteiger partial charge on any atom is -0.550 e. The van der Waals surface area contributed by atoms with Gasteiger partial charge in [-0.25, -0.2) is 0 Å². The molecule has 0 aliphatic carbocycles. The summed E-state index contributed by atoms with van der Waals surface area (Å²) in [5, 5.41) is 29.3. The first-order chi connectivity index (χ1) is 9.60. The quantitative estimate of drug-likeness (QED) is 0.274. The van der Waals surface area contributed by atoms with Gasteiger partial charge in [-0.3, -0.25) is 4.90 Å². The molecule has 0 radical (unpaired) electrons. The first kappa shape index (κ1) is 23.6. The summed E-state index contributed by atoms with van der Waals surface area (Å²) in [6, 6.07) is 0. The Morgan fingerprint density at radius 2 is 1.76 bits per heavy atom. The molecule has 0 amide bonds. The Kier molecular flexibility index (Phi) is 18.8. The zero-order chi connectivity index (χ0) is 15.2. The molecule has 0 rings (SSSR count). The van der Waals surface area contributed by atoms with Crippen molar-refractivity contribution in [3.8, 4) is 0 Å². The number of carbonyl (C=O) groups excluding carboxylic acids is 1. The molecule has 0 aromatic heterocycles. The third kappa shape index (κ3) is 16.5. The number of hydrogen-bond acceptors (Lipinski definition) is 5. The van der Waals surface area contributed by atoms with Crippen molar-refractivity contribution < 1.29 is 49.7 Å². The molecule has 1 atom stereocenters. The second-order valence-electron chi connectivity index (χ2n) is 5.36. The number of carbonyl (C=O) groups is 1. The van der Waals surface area contributed by atoms with E-state index in [1.165, 1.54) is 25.7 Å². The van der Waals surface area contributed by atoms with Gasteiger partial charge in [-0.15, -0.1) is 0 Å². The van der Waals surface area contributed by atoms with Crippen LogP contribution in [0.2, 0.25) is 0 Å². The van der Waals surface area contributed by atoms with Gasteiger partial charge >= 0.3 is 29.6 Å². The molecule has 0 heterocycles. The number of nitrogens with zero attached hydrogens (tertiary/aromatic N) is 1. The fraction of sp³-hybridized carbons (Fsp3) is 0.933. The molecule has 0 aliphatic rings. The minimum atomic E-state index is -1.10. The Labute approximate surface area is 151 Å². The van der Waals surface area contributed by atoms with Crippen LogP contribution in [0.4, 0.5) is 0 Å². The standard InChI is InChI=1S/C15H31NO4.Na/c1-2-3-4-5-6-7-8-14(18)13-16(11-12-17)10-9-15(19)20;/h14,17-18H,2-13H2,1H3,(H,19,20);/q;+1/p-1. The van der Waals surface area contributed by atoms with Crippen LogP contribution in [-0.2, 0) is 4.79 Å². The van der Waals surface area contributed by atoms with Crippen molar-refractivity contribution in [3.05, 3.63) is 0 Å².